The first-order valence-electron chi connectivity index (χ1n) is 7.28. The summed E-state index contributed by atoms with van der Waals surface area (Å²) in [6.07, 6.45) is 12.3. The second-order valence-corrected chi connectivity index (χ2v) is 6.65. The van der Waals surface area contributed by atoms with Crippen molar-refractivity contribution in [1.29, 1.82) is 0 Å². The van der Waals surface area contributed by atoms with Crippen molar-refractivity contribution in [2.45, 2.75) is 44.1 Å². The number of nitrogens with zero attached hydrogens (tertiary/aromatic N) is 2. The van der Waals surface area contributed by atoms with E-state index < -0.39 is 0 Å². The molecule has 5 rings (SSSR count). The molecule has 4 bridgehead atoms. The van der Waals surface area contributed by atoms with Gasteiger partial charge in [0.15, 0.2) is 0 Å². The molecule has 0 aliphatic heterocycles. The molecule has 1 heterocycles. The zero-order valence-corrected chi connectivity index (χ0v) is 10.8. The number of hydrogen-bond acceptors (Lipinski definition) is 2. The molecule has 0 atom stereocenters. The first-order chi connectivity index (χ1) is 8.81. The van der Waals surface area contributed by atoms with Crippen LogP contribution in [-0.4, -0.2) is 16.7 Å². The van der Waals surface area contributed by atoms with Crippen molar-refractivity contribution in [3.05, 3.63) is 30.1 Å². The molecule has 1 aromatic rings. The summed E-state index contributed by atoms with van der Waals surface area (Å²) in [6, 6.07) is 6.04. The van der Waals surface area contributed by atoms with E-state index >= 15 is 0 Å². The maximum atomic E-state index is 5.00. The van der Waals surface area contributed by atoms with Crippen molar-refractivity contribution >= 4 is 6.21 Å². The van der Waals surface area contributed by atoms with Crippen LogP contribution in [0, 0.1) is 17.8 Å². The zero-order chi connectivity index (χ0) is 12.0. The van der Waals surface area contributed by atoms with Crippen molar-refractivity contribution in [2.24, 2.45) is 22.7 Å². The maximum Gasteiger partial charge on any atom is 0.0808 e. The molecule has 4 aliphatic carbocycles. The standard InChI is InChI=1S/C16H20N2/c1-2-4-17-15(3-1)11-18-16-8-12-5-13(9-16)7-14(6-12)10-16/h1-4,11-14H,5-10H2. The number of hydrogen-bond donors (Lipinski definition) is 0. The fourth-order valence-corrected chi connectivity index (χ4v) is 4.88. The average Bonchev–Trinajstić information content (AvgIpc) is 2.36. The van der Waals surface area contributed by atoms with Gasteiger partial charge in [-0.3, -0.25) is 9.98 Å². The Bertz CT molecular complexity index is 428. The van der Waals surface area contributed by atoms with Crippen LogP contribution in [0.4, 0.5) is 0 Å². The number of aromatic nitrogens is 1. The van der Waals surface area contributed by atoms with Crippen molar-refractivity contribution in [3.8, 4) is 0 Å². The Morgan fingerprint density at radius 1 is 1.06 bits per heavy atom. The Labute approximate surface area is 109 Å². The van der Waals surface area contributed by atoms with Gasteiger partial charge in [-0.25, -0.2) is 0 Å². The highest BCUT2D eigenvalue weighted by atomic mass is 14.9. The first kappa shape index (κ1) is 10.7. The van der Waals surface area contributed by atoms with Crippen LogP contribution < -0.4 is 0 Å². The molecule has 4 fully saturated rings. The highest BCUT2D eigenvalue weighted by molar-refractivity contribution is 5.77. The number of pyridine rings is 1. The van der Waals surface area contributed by atoms with Gasteiger partial charge in [-0.15, -0.1) is 0 Å². The Kier molecular flexibility index (Phi) is 2.33. The minimum Gasteiger partial charge on any atom is -0.284 e. The molecule has 0 N–H and O–H groups in total. The van der Waals surface area contributed by atoms with E-state index in [-0.39, 0.29) is 5.54 Å². The van der Waals surface area contributed by atoms with E-state index in [0.29, 0.717) is 0 Å². The molecule has 0 saturated heterocycles. The summed E-state index contributed by atoms with van der Waals surface area (Å²) in [5.41, 5.74) is 1.29. The zero-order valence-electron chi connectivity index (χ0n) is 10.8. The van der Waals surface area contributed by atoms with E-state index in [1.807, 2.05) is 30.6 Å². The van der Waals surface area contributed by atoms with Crippen LogP contribution in [0.2, 0.25) is 0 Å². The number of aliphatic imine (C=N–C) groups is 1. The minimum atomic E-state index is 0.284. The maximum absolute atomic E-state index is 5.00. The Morgan fingerprint density at radius 2 is 1.72 bits per heavy atom. The summed E-state index contributed by atoms with van der Waals surface area (Å²) < 4.78 is 0. The van der Waals surface area contributed by atoms with Crippen molar-refractivity contribution in [3.63, 3.8) is 0 Å². The van der Waals surface area contributed by atoms with E-state index in [4.69, 9.17) is 4.99 Å². The molecule has 0 radical (unpaired) electrons. The van der Waals surface area contributed by atoms with Gasteiger partial charge in [-0.1, -0.05) is 6.07 Å². The van der Waals surface area contributed by atoms with Crippen LogP contribution in [0.1, 0.15) is 44.2 Å². The molecule has 0 spiro atoms. The third kappa shape index (κ3) is 1.79. The largest absolute Gasteiger partial charge is 0.284 e. The van der Waals surface area contributed by atoms with Gasteiger partial charge in [0.25, 0.3) is 0 Å². The average molecular weight is 240 g/mol. The summed E-state index contributed by atoms with van der Waals surface area (Å²) in [7, 11) is 0. The lowest BCUT2D eigenvalue weighted by atomic mass is 9.53. The van der Waals surface area contributed by atoms with E-state index in [0.717, 1.165) is 23.4 Å². The predicted octanol–water partition coefficient (Wildman–Crippen LogP) is 3.47. The molecule has 0 unspecified atom stereocenters. The smallest absolute Gasteiger partial charge is 0.0808 e. The molecule has 18 heavy (non-hydrogen) atoms. The van der Waals surface area contributed by atoms with Gasteiger partial charge >= 0.3 is 0 Å². The van der Waals surface area contributed by atoms with Gasteiger partial charge in [0.05, 0.1) is 11.2 Å². The minimum absolute atomic E-state index is 0.284. The van der Waals surface area contributed by atoms with Crippen LogP contribution in [0.3, 0.4) is 0 Å². The van der Waals surface area contributed by atoms with Crippen LogP contribution in [0.5, 0.6) is 0 Å². The normalized spacial score (nSPS) is 41.7. The third-order valence-corrected chi connectivity index (χ3v) is 5.16. The summed E-state index contributed by atoms with van der Waals surface area (Å²) in [5.74, 6) is 2.91. The van der Waals surface area contributed by atoms with Crippen LogP contribution in [0.15, 0.2) is 29.4 Å². The summed E-state index contributed by atoms with van der Waals surface area (Å²) in [6.45, 7) is 0. The molecule has 1 aromatic heterocycles. The lowest BCUT2D eigenvalue weighted by molar-refractivity contribution is 0.00194. The predicted molar refractivity (Wildman–Crippen MR) is 72.7 cm³/mol. The van der Waals surface area contributed by atoms with Crippen molar-refractivity contribution in [2.75, 3.05) is 0 Å². The molecule has 4 saturated carbocycles. The Morgan fingerprint density at radius 3 is 2.28 bits per heavy atom. The highest BCUT2D eigenvalue weighted by Crippen LogP contribution is 2.57. The van der Waals surface area contributed by atoms with Gasteiger partial charge in [0.2, 0.25) is 0 Å². The van der Waals surface area contributed by atoms with Crippen molar-refractivity contribution < 1.29 is 0 Å². The molecule has 94 valence electrons. The molecular formula is C16H20N2. The molecule has 2 nitrogen and oxygen atoms in total. The molecule has 4 aliphatic rings. The fraction of sp³-hybridized carbons (Fsp3) is 0.625. The van der Waals surface area contributed by atoms with Gasteiger partial charge in [0, 0.05) is 12.4 Å². The second kappa shape index (κ2) is 3.91. The van der Waals surface area contributed by atoms with E-state index in [9.17, 15) is 0 Å². The lowest BCUT2D eigenvalue weighted by Crippen LogP contribution is -2.49. The van der Waals surface area contributed by atoms with Gasteiger partial charge in [0.1, 0.15) is 0 Å². The fourth-order valence-electron chi connectivity index (χ4n) is 4.88. The second-order valence-electron chi connectivity index (χ2n) is 6.65. The third-order valence-electron chi connectivity index (χ3n) is 5.16. The summed E-state index contributed by atoms with van der Waals surface area (Å²) >= 11 is 0. The van der Waals surface area contributed by atoms with E-state index in [2.05, 4.69) is 4.98 Å². The van der Waals surface area contributed by atoms with Gasteiger partial charge in [-0.05, 0) is 68.4 Å². The first-order valence-corrected chi connectivity index (χ1v) is 7.28. The topological polar surface area (TPSA) is 25.2 Å². The van der Waals surface area contributed by atoms with E-state index in [1.165, 1.54) is 38.5 Å². The molecule has 2 heteroatoms. The lowest BCUT2D eigenvalue weighted by Gasteiger charge is -2.54. The highest BCUT2D eigenvalue weighted by Gasteiger charge is 2.50. The summed E-state index contributed by atoms with van der Waals surface area (Å²) in [5, 5.41) is 0. The van der Waals surface area contributed by atoms with Crippen LogP contribution >= 0.6 is 0 Å². The van der Waals surface area contributed by atoms with Gasteiger partial charge in [-0.2, -0.15) is 0 Å². The monoisotopic (exact) mass is 240 g/mol. The molecule has 0 amide bonds. The molecule has 0 aromatic carbocycles. The van der Waals surface area contributed by atoms with Crippen LogP contribution in [-0.2, 0) is 0 Å². The van der Waals surface area contributed by atoms with Crippen LogP contribution in [0.25, 0.3) is 0 Å². The quantitative estimate of drug-likeness (QED) is 0.727. The Balaban J connectivity index is 1.59. The SMILES string of the molecule is C(=NC12CC3CC(CC(C3)C1)C2)c1ccccn1. The number of rotatable bonds is 2. The van der Waals surface area contributed by atoms with Gasteiger partial charge < -0.3 is 0 Å². The van der Waals surface area contributed by atoms with E-state index in [1.54, 1.807) is 0 Å². The summed E-state index contributed by atoms with van der Waals surface area (Å²) in [4.78, 5) is 9.34. The molecular weight excluding hydrogens is 220 g/mol. The Hall–Kier alpha value is -1.18. The van der Waals surface area contributed by atoms with Crippen molar-refractivity contribution in [1.82, 2.24) is 4.98 Å².